The second-order valence-corrected chi connectivity index (χ2v) is 9.46. The molecule has 33 heavy (non-hydrogen) atoms. The number of amides is 2. The molecule has 0 saturated carbocycles. The number of rotatable bonds is 6. The van der Waals surface area contributed by atoms with Crippen molar-refractivity contribution in [2.45, 2.75) is 57.9 Å². The van der Waals surface area contributed by atoms with Gasteiger partial charge in [-0.1, -0.05) is 35.3 Å². The SMILES string of the molecule is CCOC(=O)NCC(CC(=O)N1CCc2nc3c(cc2C1)CCCC3)c1ccc(Cl)c(Cl)c1. The summed E-state index contributed by atoms with van der Waals surface area (Å²) in [4.78, 5) is 32.0. The van der Waals surface area contributed by atoms with Gasteiger partial charge in [0.05, 0.1) is 16.7 Å². The minimum atomic E-state index is -0.502. The number of carbonyl (C=O) groups excluding carboxylic acids is 2. The van der Waals surface area contributed by atoms with Gasteiger partial charge >= 0.3 is 6.09 Å². The molecule has 0 saturated heterocycles. The average molecular weight is 490 g/mol. The number of hydrogen-bond acceptors (Lipinski definition) is 4. The van der Waals surface area contributed by atoms with Crippen molar-refractivity contribution >= 4 is 35.2 Å². The quantitative estimate of drug-likeness (QED) is 0.614. The van der Waals surface area contributed by atoms with Crippen LogP contribution in [0.3, 0.4) is 0 Å². The van der Waals surface area contributed by atoms with E-state index in [1.807, 2.05) is 11.0 Å². The summed E-state index contributed by atoms with van der Waals surface area (Å²) < 4.78 is 4.98. The summed E-state index contributed by atoms with van der Waals surface area (Å²) in [6.45, 7) is 3.53. The largest absolute Gasteiger partial charge is 0.450 e. The van der Waals surface area contributed by atoms with E-state index in [0.717, 1.165) is 36.1 Å². The first-order valence-electron chi connectivity index (χ1n) is 11.6. The van der Waals surface area contributed by atoms with Gasteiger partial charge in [-0.25, -0.2) is 4.79 Å². The average Bonchev–Trinajstić information content (AvgIpc) is 2.81. The summed E-state index contributed by atoms with van der Waals surface area (Å²) in [5.74, 6) is -0.208. The Hall–Kier alpha value is -2.31. The maximum absolute atomic E-state index is 13.3. The lowest BCUT2D eigenvalue weighted by Crippen LogP contribution is -2.38. The number of nitrogens with zero attached hydrogens (tertiary/aromatic N) is 2. The van der Waals surface area contributed by atoms with Crippen LogP contribution in [0.5, 0.6) is 0 Å². The van der Waals surface area contributed by atoms with E-state index in [4.69, 9.17) is 32.9 Å². The molecule has 0 fully saturated rings. The normalized spacial score (nSPS) is 15.9. The van der Waals surface area contributed by atoms with E-state index >= 15 is 0 Å². The smallest absolute Gasteiger partial charge is 0.407 e. The van der Waals surface area contributed by atoms with Gasteiger partial charge in [-0.15, -0.1) is 0 Å². The molecule has 2 aromatic rings. The molecule has 0 bridgehead atoms. The Kier molecular flexibility index (Phi) is 7.76. The minimum Gasteiger partial charge on any atom is -0.450 e. The van der Waals surface area contributed by atoms with Crippen molar-refractivity contribution < 1.29 is 14.3 Å². The highest BCUT2D eigenvalue weighted by Gasteiger charge is 2.27. The number of ether oxygens (including phenoxy) is 1. The van der Waals surface area contributed by atoms with Gasteiger partial charge in [-0.3, -0.25) is 9.78 Å². The zero-order valence-corrected chi connectivity index (χ0v) is 20.3. The summed E-state index contributed by atoms with van der Waals surface area (Å²) in [7, 11) is 0. The lowest BCUT2D eigenvalue weighted by Gasteiger charge is -2.31. The Morgan fingerprint density at radius 1 is 1.09 bits per heavy atom. The highest BCUT2D eigenvalue weighted by molar-refractivity contribution is 6.42. The van der Waals surface area contributed by atoms with Crippen LogP contribution in [-0.2, 0) is 35.3 Å². The molecule has 1 unspecified atom stereocenters. The molecule has 1 atom stereocenters. The summed E-state index contributed by atoms with van der Waals surface area (Å²) in [6, 6.07) is 7.58. The molecular weight excluding hydrogens is 461 g/mol. The van der Waals surface area contributed by atoms with Gasteiger partial charge in [0.2, 0.25) is 5.91 Å². The van der Waals surface area contributed by atoms with Crippen LogP contribution < -0.4 is 5.32 Å². The second-order valence-electron chi connectivity index (χ2n) is 8.65. The molecule has 1 aromatic heterocycles. The van der Waals surface area contributed by atoms with Crippen molar-refractivity contribution in [1.29, 1.82) is 0 Å². The number of aryl methyl sites for hydroxylation is 2. The highest BCUT2D eigenvalue weighted by atomic mass is 35.5. The predicted molar refractivity (Wildman–Crippen MR) is 129 cm³/mol. The van der Waals surface area contributed by atoms with Crippen LogP contribution in [0.4, 0.5) is 4.79 Å². The second kappa shape index (κ2) is 10.7. The Morgan fingerprint density at radius 2 is 1.88 bits per heavy atom. The van der Waals surface area contributed by atoms with Crippen molar-refractivity contribution in [3.8, 4) is 0 Å². The third-order valence-electron chi connectivity index (χ3n) is 6.41. The van der Waals surface area contributed by atoms with Crippen LogP contribution in [0.1, 0.15) is 60.2 Å². The van der Waals surface area contributed by atoms with Crippen molar-refractivity contribution in [2.75, 3.05) is 19.7 Å². The van der Waals surface area contributed by atoms with Crippen molar-refractivity contribution in [1.82, 2.24) is 15.2 Å². The van der Waals surface area contributed by atoms with Gasteiger partial charge < -0.3 is 15.0 Å². The van der Waals surface area contributed by atoms with Crippen molar-refractivity contribution in [3.05, 3.63) is 62.4 Å². The molecule has 1 aliphatic carbocycles. The van der Waals surface area contributed by atoms with E-state index < -0.39 is 6.09 Å². The fourth-order valence-corrected chi connectivity index (χ4v) is 4.93. The Bertz CT molecular complexity index is 1040. The topological polar surface area (TPSA) is 71.5 Å². The van der Waals surface area contributed by atoms with Crippen LogP contribution in [0, 0.1) is 0 Å². The maximum Gasteiger partial charge on any atom is 0.407 e. The summed E-state index contributed by atoms with van der Waals surface area (Å²) in [6.07, 6.45) is 5.06. The zero-order chi connectivity index (χ0) is 23.4. The standard InChI is InChI=1S/C25H29Cl2N3O3/c1-2-33-25(32)28-14-18(16-7-8-20(26)21(27)12-16)13-24(31)30-10-9-23-19(15-30)11-17-5-3-4-6-22(17)29-23/h7-8,11-12,18H,2-6,9-10,13-15H2,1H3,(H,28,32). The first kappa shape index (κ1) is 23.8. The van der Waals surface area contributed by atoms with E-state index in [-0.39, 0.29) is 31.4 Å². The van der Waals surface area contributed by atoms with Gasteiger partial charge in [-0.2, -0.15) is 0 Å². The third-order valence-corrected chi connectivity index (χ3v) is 7.15. The number of hydrogen-bond donors (Lipinski definition) is 1. The van der Waals surface area contributed by atoms with Gasteiger partial charge in [-0.05, 0) is 61.4 Å². The number of fused-ring (bicyclic) bond motifs is 2. The molecule has 8 heteroatoms. The number of alkyl carbamates (subject to hydrolysis) is 1. The van der Waals surface area contributed by atoms with Gasteiger partial charge in [0.1, 0.15) is 0 Å². The van der Waals surface area contributed by atoms with Gasteiger partial charge in [0.25, 0.3) is 0 Å². The van der Waals surface area contributed by atoms with E-state index in [0.29, 0.717) is 23.1 Å². The number of pyridine rings is 1. The maximum atomic E-state index is 13.3. The molecule has 0 radical (unpaired) electrons. The molecule has 1 N–H and O–H groups in total. The molecule has 176 valence electrons. The number of halogens is 2. The number of aromatic nitrogens is 1. The van der Waals surface area contributed by atoms with Gasteiger partial charge in [0, 0.05) is 49.8 Å². The molecule has 2 amide bonds. The molecule has 6 nitrogen and oxygen atoms in total. The minimum absolute atomic E-state index is 0.0418. The summed E-state index contributed by atoms with van der Waals surface area (Å²) in [5, 5.41) is 3.63. The van der Waals surface area contributed by atoms with Crippen molar-refractivity contribution in [3.63, 3.8) is 0 Å². The van der Waals surface area contributed by atoms with Gasteiger partial charge in [0.15, 0.2) is 0 Å². The molecule has 0 spiro atoms. The highest BCUT2D eigenvalue weighted by Crippen LogP contribution is 2.30. The fourth-order valence-electron chi connectivity index (χ4n) is 4.62. The lowest BCUT2D eigenvalue weighted by atomic mass is 9.91. The molecule has 2 heterocycles. The fraction of sp³-hybridized carbons (Fsp3) is 0.480. The van der Waals surface area contributed by atoms with Crippen LogP contribution in [-0.4, -0.2) is 41.6 Å². The first-order chi connectivity index (χ1) is 15.9. The van der Waals surface area contributed by atoms with Crippen molar-refractivity contribution in [2.24, 2.45) is 0 Å². The van der Waals surface area contributed by atoms with E-state index in [9.17, 15) is 9.59 Å². The number of carbonyl (C=O) groups is 2. The molecule has 1 aromatic carbocycles. The van der Waals surface area contributed by atoms with Crippen LogP contribution in [0.25, 0.3) is 0 Å². The van der Waals surface area contributed by atoms with E-state index in [1.165, 1.54) is 24.1 Å². The predicted octanol–water partition coefficient (Wildman–Crippen LogP) is 5.07. The number of nitrogens with one attached hydrogen (secondary N) is 1. The van der Waals surface area contributed by atoms with Crippen LogP contribution >= 0.6 is 23.2 Å². The first-order valence-corrected chi connectivity index (χ1v) is 12.3. The summed E-state index contributed by atoms with van der Waals surface area (Å²) >= 11 is 12.3. The lowest BCUT2D eigenvalue weighted by molar-refractivity contribution is -0.132. The molecule has 2 aliphatic rings. The molecule has 1 aliphatic heterocycles. The molecular formula is C25H29Cl2N3O3. The number of benzene rings is 1. The molecule has 4 rings (SSSR count). The van der Waals surface area contributed by atoms with Crippen LogP contribution in [0.15, 0.2) is 24.3 Å². The van der Waals surface area contributed by atoms with Crippen LogP contribution in [0.2, 0.25) is 10.0 Å². The Balaban J connectivity index is 1.48. The third kappa shape index (κ3) is 5.79. The Morgan fingerprint density at radius 3 is 2.67 bits per heavy atom. The van der Waals surface area contributed by atoms with E-state index in [2.05, 4.69) is 11.4 Å². The summed E-state index contributed by atoms with van der Waals surface area (Å²) in [5.41, 5.74) is 5.71. The monoisotopic (exact) mass is 489 g/mol. The zero-order valence-electron chi connectivity index (χ0n) is 18.8. The Labute approximate surface area is 204 Å². The van der Waals surface area contributed by atoms with E-state index in [1.54, 1.807) is 19.1 Å².